The van der Waals surface area contributed by atoms with Gasteiger partial charge >= 0.3 is 0 Å². The first-order chi connectivity index (χ1) is 4.16. The molecule has 0 spiro atoms. The van der Waals surface area contributed by atoms with E-state index in [2.05, 4.69) is 5.32 Å². The molecule has 1 atom stereocenters. The van der Waals surface area contributed by atoms with Crippen molar-refractivity contribution in [3.05, 3.63) is 0 Å². The van der Waals surface area contributed by atoms with Crippen LogP contribution >= 0.6 is 0 Å². The molecular formula is C6H14N2O. The minimum atomic E-state index is 0.0623. The van der Waals surface area contributed by atoms with Gasteiger partial charge in [-0.15, -0.1) is 0 Å². The summed E-state index contributed by atoms with van der Waals surface area (Å²) in [6, 6.07) is 0.127. The first kappa shape index (κ1) is 8.43. The van der Waals surface area contributed by atoms with Crippen LogP contribution in [0, 0.1) is 0 Å². The third kappa shape index (κ3) is 5.30. The first-order valence-electron chi connectivity index (χ1n) is 3.13. The van der Waals surface area contributed by atoms with Crippen molar-refractivity contribution < 1.29 is 4.79 Å². The van der Waals surface area contributed by atoms with Crippen LogP contribution in [0.4, 0.5) is 0 Å². The SMILES string of the molecule is CNC(=O)CCC(C)N. The number of carbonyl (C=O) groups excluding carboxylic acids is 1. The van der Waals surface area contributed by atoms with Crippen molar-refractivity contribution in [3.63, 3.8) is 0 Å². The second-order valence-electron chi connectivity index (χ2n) is 2.19. The molecule has 0 rings (SSSR count). The molecule has 0 aromatic heterocycles. The van der Waals surface area contributed by atoms with Gasteiger partial charge in [-0.2, -0.15) is 0 Å². The molecule has 0 aromatic rings. The van der Waals surface area contributed by atoms with E-state index in [9.17, 15) is 4.79 Å². The largest absolute Gasteiger partial charge is 0.359 e. The lowest BCUT2D eigenvalue weighted by Gasteiger charge is -2.01. The second-order valence-corrected chi connectivity index (χ2v) is 2.19. The van der Waals surface area contributed by atoms with Crippen LogP contribution in [0.3, 0.4) is 0 Å². The van der Waals surface area contributed by atoms with Crippen LogP contribution in [0.1, 0.15) is 19.8 Å². The van der Waals surface area contributed by atoms with E-state index in [1.165, 1.54) is 0 Å². The summed E-state index contributed by atoms with van der Waals surface area (Å²) >= 11 is 0. The monoisotopic (exact) mass is 130 g/mol. The number of rotatable bonds is 3. The normalized spacial score (nSPS) is 12.8. The van der Waals surface area contributed by atoms with Crippen LogP contribution < -0.4 is 11.1 Å². The zero-order valence-electron chi connectivity index (χ0n) is 5.98. The van der Waals surface area contributed by atoms with Crippen molar-refractivity contribution in [1.82, 2.24) is 5.32 Å². The zero-order valence-corrected chi connectivity index (χ0v) is 5.98. The van der Waals surface area contributed by atoms with Gasteiger partial charge in [0.05, 0.1) is 0 Å². The molecule has 0 heterocycles. The van der Waals surface area contributed by atoms with Crippen molar-refractivity contribution in [2.45, 2.75) is 25.8 Å². The molecule has 1 unspecified atom stereocenters. The van der Waals surface area contributed by atoms with Gasteiger partial charge in [-0.1, -0.05) is 0 Å². The van der Waals surface area contributed by atoms with Crippen molar-refractivity contribution >= 4 is 5.91 Å². The van der Waals surface area contributed by atoms with Gasteiger partial charge in [0.2, 0.25) is 5.91 Å². The predicted octanol–water partition coefficient (Wildman–Crippen LogP) is -0.140. The maximum Gasteiger partial charge on any atom is 0.219 e. The standard InChI is InChI=1S/C6H14N2O/c1-5(7)3-4-6(9)8-2/h5H,3-4,7H2,1-2H3,(H,8,9). The molecule has 0 saturated carbocycles. The highest BCUT2D eigenvalue weighted by Gasteiger charge is 1.98. The molecule has 0 aliphatic heterocycles. The summed E-state index contributed by atoms with van der Waals surface area (Å²) in [6.07, 6.45) is 1.30. The molecule has 0 radical (unpaired) electrons. The molecule has 0 fully saturated rings. The van der Waals surface area contributed by atoms with E-state index in [0.717, 1.165) is 6.42 Å². The number of amides is 1. The quantitative estimate of drug-likeness (QED) is 0.558. The number of nitrogens with two attached hydrogens (primary N) is 1. The molecule has 54 valence electrons. The molecule has 0 bridgehead atoms. The van der Waals surface area contributed by atoms with E-state index >= 15 is 0 Å². The van der Waals surface area contributed by atoms with Gasteiger partial charge in [-0.05, 0) is 13.3 Å². The zero-order chi connectivity index (χ0) is 7.28. The van der Waals surface area contributed by atoms with E-state index in [-0.39, 0.29) is 11.9 Å². The maximum absolute atomic E-state index is 10.5. The van der Waals surface area contributed by atoms with Crippen molar-refractivity contribution in [2.24, 2.45) is 5.73 Å². The Morgan fingerprint density at radius 3 is 2.67 bits per heavy atom. The van der Waals surface area contributed by atoms with Gasteiger partial charge in [0.15, 0.2) is 0 Å². The summed E-state index contributed by atoms with van der Waals surface area (Å²) in [5, 5.41) is 2.53. The maximum atomic E-state index is 10.5. The van der Waals surface area contributed by atoms with Crippen LogP contribution in [-0.2, 0) is 4.79 Å². The number of hydrogen-bond donors (Lipinski definition) is 2. The molecule has 0 saturated heterocycles. The summed E-state index contributed by atoms with van der Waals surface area (Å²) in [7, 11) is 1.63. The Balaban J connectivity index is 3.17. The van der Waals surface area contributed by atoms with Crippen LogP contribution in [0.5, 0.6) is 0 Å². The Morgan fingerprint density at radius 1 is 1.78 bits per heavy atom. The molecule has 3 nitrogen and oxygen atoms in total. The summed E-state index contributed by atoms with van der Waals surface area (Å²) in [5.74, 6) is 0.0623. The third-order valence-electron chi connectivity index (χ3n) is 1.11. The predicted molar refractivity (Wildman–Crippen MR) is 37.0 cm³/mol. The number of hydrogen-bond acceptors (Lipinski definition) is 2. The van der Waals surface area contributed by atoms with Crippen molar-refractivity contribution in [2.75, 3.05) is 7.05 Å². The lowest BCUT2D eigenvalue weighted by atomic mass is 10.2. The smallest absolute Gasteiger partial charge is 0.219 e. The van der Waals surface area contributed by atoms with Gasteiger partial charge < -0.3 is 11.1 Å². The molecule has 3 heteroatoms. The summed E-state index contributed by atoms with van der Waals surface area (Å²) in [6.45, 7) is 1.89. The molecule has 0 aliphatic carbocycles. The fraction of sp³-hybridized carbons (Fsp3) is 0.833. The van der Waals surface area contributed by atoms with Crippen LogP contribution in [0.15, 0.2) is 0 Å². The highest BCUT2D eigenvalue weighted by atomic mass is 16.1. The molecule has 1 amide bonds. The van der Waals surface area contributed by atoms with Gasteiger partial charge in [-0.3, -0.25) is 4.79 Å². The Labute approximate surface area is 55.6 Å². The average molecular weight is 130 g/mol. The van der Waals surface area contributed by atoms with E-state index in [1.54, 1.807) is 7.05 Å². The van der Waals surface area contributed by atoms with E-state index in [4.69, 9.17) is 5.73 Å². The first-order valence-corrected chi connectivity index (χ1v) is 3.13. The van der Waals surface area contributed by atoms with Crippen molar-refractivity contribution in [3.8, 4) is 0 Å². The van der Waals surface area contributed by atoms with Gasteiger partial charge in [0.25, 0.3) is 0 Å². The fourth-order valence-electron chi connectivity index (χ4n) is 0.484. The second kappa shape index (κ2) is 4.32. The Morgan fingerprint density at radius 2 is 2.33 bits per heavy atom. The minimum absolute atomic E-state index is 0.0623. The van der Waals surface area contributed by atoms with Gasteiger partial charge in [0.1, 0.15) is 0 Å². The van der Waals surface area contributed by atoms with Crippen LogP contribution in [-0.4, -0.2) is 19.0 Å². The van der Waals surface area contributed by atoms with E-state index in [0.29, 0.717) is 6.42 Å². The molecule has 9 heavy (non-hydrogen) atoms. The lowest BCUT2D eigenvalue weighted by molar-refractivity contribution is -0.120. The van der Waals surface area contributed by atoms with Crippen molar-refractivity contribution in [1.29, 1.82) is 0 Å². The summed E-state index contributed by atoms with van der Waals surface area (Å²) in [5.41, 5.74) is 5.42. The summed E-state index contributed by atoms with van der Waals surface area (Å²) < 4.78 is 0. The number of carbonyl (C=O) groups is 1. The van der Waals surface area contributed by atoms with E-state index < -0.39 is 0 Å². The van der Waals surface area contributed by atoms with Crippen LogP contribution in [0.25, 0.3) is 0 Å². The lowest BCUT2D eigenvalue weighted by Crippen LogP contribution is -2.22. The Kier molecular flexibility index (Phi) is 4.05. The fourth-order valence-corrected chi connectivity index (χ4v) is 0.484. The number of nitrogens with one attached hydrogen (secondary N) is 1. The molecule has 0 aliphatic rings. The average Bonchev–Trinajstić information content (AvgIpc) is 1.83. The molecule has 3 N–H and O–H groups in total. The molecular weight excluding hydrogens is 116 g/mol. The molecule has 0 aromatic carbocycles. The highest BCUT2D eigenvalue weighted by Crippen LogP contribution is 1.91. The van der Waals surface area contributed by atoms with Crippen LogP contribution in [0.2, 0.25) is 0 Å². The topological polar surface area (TPSA) is 55.1 Å². The van der Waals surface area contributed by atoms with Gasteiger partial charge in [0, 0.05) is 19.5 Å². The third-order valence-corrected chi connectivity index (χ3v) is 1.11. The van der Waals surface area contributed by atoms with Gasteiger partial charge in [-0.25, -0.2) is 0 Å². The Hall–Kier alpha value is -0.570. The highest BCUT2D eigenvalue weighted by molar-refractivity contribution is 5.75. The van der Waals surface area contributed by atoms with E-state index in [1.807, 2.05) is 6.92 Å². The Bertz CT molecular complexity index is 91.1. The summed E-state index contributed by atoms with van der Waals surface area (Å²) in [4.78, 5) is 10.5. The minimum Gasteiger partial charge on any atom is -0.359 e.